The van der Waals surface area contributed by atoms with E-state index < -0.39 is 35.7 Å². The van der Waals surface area contributed by atoms with Gasteiger partial charge in [0.25, 0.3) is 11.9 Å². The maximum Gasteiger partial charge on any atom is 0.417 e. The molecule has 4 N–H and O–H groups in total. The van der Waals surface area contributed by atoms with Crippen molar-refractivity contribution in [1.29, 1.82) is 10.8 Å². The van der Waals surface area contributed by atoms with Crippen LogP contribution in [0.15, 0.2) is 71.9 Å². The molecule has 1 atom stereocenters. The summed E-state index contributed by atoms with van der Waals surface area (Å²) in [6.45, 7) is 1.17. The third-order valence-electron chi connectivity index (χ3n) is 6.23. The second-order valence-electron chi connectivity index (χ2n) is 8.87. The van der Waals surface area contributed by atoms with E-state index in [1.165, 1.54) is 0 Å². The molecule has 0 bridgehead atoms. The average molecular weight is 552 g/mol. The number of benzodiazepines with no additional fused rings is 1. The van der Waals surface area contributed by atoms with E-state index in [0.717, 1.165) is 11.6 Å². The second kappa shape index (κ2) is 11.1. The van der Waals surface area contributed by atoms with Gasteiger partial charge in [-0.05, 0) is 12.1 Å². The minimum atomic E-state index is -4.64. The number of halogens is 3. The first kappa shape index (κ1) is 26.8. The lowest BCUT2D eigenvalue weighted by atomic mass is 10.0. The van der Waals surface area contributed by atoms with Gasteiger partial charge in [-0.3, -0.25) is 15.6 Å². The highest BCUT2D eigenvalue weighted by Gasteiger charge is 2.34. The Labute approximate surface area is 226 Å². The van der Waals surface area contributed by atoms with Crippen LogP contribution in [0.5, 0.6) is 0 Å². The molecule has 2 aliphatic rings. The molecule has 40 heavy (non-hydrogen) atoms. The van der Waals surface area contributed by atoms with E-state index in [0.29, 0.717) is 49.5 Å². The molecule has 0 spiro atoms. The molecular weight excluding hydrogens is 527 g/mol. The quantitative estimate of drug-likeness (QED) is 0.289. The van der Waals surface area contributed by atoms with E-state index >= 15 is 0 Å². The summed E-state index contributed by atoms with van der Waals surface area (Å²) in [4.78, 5) is 23.0. The van der Waals surface area contributed by atoms with Crippen LogP contribution in [0.2, 0.25) is 0 Å². The molecule has 0 saturated carbocycles. The van der Waals surface area contributed by atoms with Gasteiger partial charge in [0.2, 0.25) is 12.1 Å². The number of rotatable bonds is 4. The molecule has 1 aromatic heterocycles. The number of hydrogen-bond acceptors (Lipinski definition) is 8. The van der Waals surface area contributed by atoms with E-state index in [1.54, 1.807) is 17.0 Å². The van der Waals surface area contributed by atoms with Gasteiger partial charge in [-0.1, -0.05) is 48.5 Å². The number of alkyl halides is 3. The van der Waals surface area contributed by atoms with E-state index in [2.05, 4.69) is 20.6 Å². The molecule has 0 radical (unpaired) electrons. The molecule has 1 amide bonds. The Bertz CT molecular complexity index is 1470. The summed E-state index contributed by atoms with van der Waals surface area (Å²) in [6, 6.07) is 16.5. The predicted octanol–water partition coefficient (Wildman–Crippen LogP) is 3.62. The number of aromatic nitrogens is 1. The van der Waals surface area contributed by atoms with Crippen molar-refractivity contribution in [2.45, 2.75) is 12.3 Å². The van der Waals surface area contributed by atoms with Crippen molar-refractivity contribution in [2.24, 2.45) is 4.99 Å². The minimum Gasteiger partial charge on any atom is -0.405 e. The summed E-state index contributed by atoms with van der Waals surface area (Å²) in [5.41, 5.74) is 1.31. The summed E-state index contributed by atoms with van der Waals surface area (Å²) < 4.78 is 50.8. The molecule has 2 aliphatic heterocycles. The molecule has 5 rings (SSSR count). The van der Waals surface area contributed by atoms with Crippen molar-refractivity contribution < 1.29 is 27.4 Å². The van der Waals surface area contributed by atoms with E-state index in [4.69, 9.17) is 20.3 Å². The van der Waals surface area contributed by atoms with Crippen molar-refractivity contribution in [3.05, 3.63) is 89.2 Å². The number of amides is 1. The van der Waals surface area contributed by atoms with Crippen LogP contribution in [0.3, 0.4) is 0 Å². The average Bonchev–Trinajstić information content (AvgIpc) is 3.09. The maximum absolute atomic E-state index is 13.4. The molecular formula is C27H24F3N7O3. The predicted molar refractivity (Wildman–Crippen MR) is 142 cm³/mol. The first-order valence-electron chi connectivity index (χ1n) is 12.3. The first-order valence-corrected chi connectivity index (χ1v) is 12.3. The van der Waals surface area contributed by atoms with Gasteiger partial charge >= 0.3 is 6.18 Å². The van der Waals surface area contributed by atoms with Gasteiger partial charge in [-0.15, -0.1) is 0 Å². The van der Waals surface area contributed by atoms with Crippen molar-refractivity contribution in [2.75, 3.05) is 36.5 Å². The number of ether oxygens (including phenoxy) is 2. The van der Waals surface area contributed by atoms with Crippen LogP contribution >= 0.6 is 0 Å². The number of fused-ring (bicyclic) bond motifs is 1. The molecule has 0 unspecified atom stereocenters. The van der Waals surface area contributed by atoms with Crippen LogP contribution in [-0.2, 0) is 20.4 Å². The summed E-state index contributed by atoms with van der Waals surface area (Å²) in [5, 5.41) is 22.0. The maximum atomic E-state index is 13.4. The highest BCUT2D eigenvalue weighted by molar-refractivity contribution is 6.19. The molecule has 2 aromatic carbocycles. The fraction of sp³-hybridized carbons (Fsp3) is 0.222. The Morgan fingerprint density at radius 1 is 1.07 bits per heavy atom. The monoisotopic (exact) mass is 551 g/mol. The van der Waals surface area contributed by atoms with Crippen LogP contribution < -0.4 is 15.5 Å². The van der Waals surface area contributed by atoms with Gasteiger partial charge in [0, 0.05) is 30.4 Å². The van der Waals surface area contributed by atoms with Crippen molar-refractivity contribution >= 4 is 34.9 Å². The summed E-state index contributed by atoms with van der Waals surface area (Å²) in [6.07, 6.45) is -5.33. The van der Waals surface area contributed by atoms with Gasteiger partial charge in [-0.2, -0.15) is 13.2 Å². The fourth-order valence-electron chi connectivity index (χ4n) is 4.31. The van der Waals surface area contributed by atoms with Gasteiger partial charge in [0.05, 0.1) is 35.9 Å². The third kappa shape index (κ3) is 5.78. The number of morpholine rings is 1. The number of aliphatic imine (C=N–C) groups is 1. The number of nitrogens with zero attached hydrogens (tertiary/aromatic N) is 3. The van der Waals surface area contributed by atoms with Crippen LogP contribution in [0.4, 0.5) is 24.5 Å². The van der Waals surface area contributed by atoms with E-state index in [-0.39, 0.29) is 11.4 Å². The topological polar surface area (TPSA) is 136 Å². The van der Waals surface area contributed by atoms with E-state index in [1.807, 2.05) is 42.5 Å². The number of pyridine rings is 1. The molecule has 10 nitrogen and oxygen atoms in total. The molecule has 1 saturated heterocycles. The highest BCUT2D eigenvalue weighted by atomic mass is 19.4. The molecule has 206 valence electrons. The molecule has 13 heteroatoms. The molecule has 3 aromatic rings. The zero-order valence-corrected chi connectivity index (χ0v) is 21.0. The van der Waals surface area contributed by atoms with Crippen molar-refractivity contribution in [1.82, 2.24) is 10.3 Å². The Balaban J connectivity index is 1.39. The number of benzene rings is 2. The normalized spacial score (nSPS) is 17.2. The van der Waals surface area contributed by atoms with Crippen LogP contribution in [0.25, 0.3) is 0 Å². The minimum absolute atomic E-state index is 0.0305. The standard InChI is InChI=1S/C27H24F3N7O3/c28-27(29,30)17-14-20(37-10-12-39-13-11-37)22(33-15-17)23(31)40-26(32)36-24-25(38)34-19-9-5-4-8-18(19)21(35-24)16-6-2-1-3-7-16/h1-9,14-15,24,31H,10-13H2,(H2,32,36)(H,34,38)/t24-/m1/s1. The van der Waals surface area contributed by atoms with Gasteiger partial charge in [0.1, 0.15) is 5.69 Å². The zero-order valence-electron chi connectivity index (χ0n) is 21.0. The van der Waals surface area contributed by atoms with Crippen LogP contribution in [-0.4, -0.2) is 61.0 Å². The second-order valence-corrected chi connectivity index (χ2v) is 8.87. The Morgan fingerprint density at radius 2 is 1.77 bits per heavy atom. The number of carbonyl (C=O) groups excluding carboxylic acids is 1. The zero-order chi connectivity index (χ0) is 28.3. The Hall–Kier alpha value is -4.78. The summed E-state index contributed by atoms with van der Waals surface area (Å²) in [7, 11) is 0. The third-order valence-corrected chi connectivity index (χ3v) is 6.23. The smallest absolute Gasteiger partial charge is 0.405 e. The van der Waals surface area contributed by atoms with Crippen molar-refractivity contribution in [3.8, 4) is 0 Å². The highest BCUT2D eigenvalue weighted by Crippen LogP contribution is 2.33. The van der Waals surface area contributed by atoms with Crippen molar-refractivity contribution in [3.63, 3.8) is 0 Å². The number of amidine groups is 1. The number of carbonyl (C=O) groups is 1. The molecule has 0 aliphatic carbocycles. The fourth-order valence-corrected chi connectivity index (χ4v) is 4.31. The number of nitrogens with one attached hydrogen (secondary N) is 4. The molecule has 3 heterocycles. The lowest BCUT2D eigenvalue weighted by Crippen LogP contribution is -2.43. The van der Waals surface area contributed by atoms with Gasteiger partial charge in [-0.25, -0.2) is 9.98 Å². The Kier molecular flexibility index (Phi) is 7.47. The first-order chi connectivity index (χ1) is 19.2. The molecule has 1 fully saturated rings. The summed E-state index contributed by atoms with van der Waals surface area (Å²) in [5.74, 6) is -1.24. The van der Waals surface area contributed by atoms with E-state index in [9.17, 15) is 18.0 Å². The lowest BCUT2D eigenvalue weighted by molar-refractivity contribution is -0.137. The Morgan fingerprint density at radius 3 is 2.50 bits per heavy atom. The largest absolute Gasteiger partial charge is 0.417 e. The van der Waals surface area contributed by atoms with Gasteiger partial charge in [0.15, 0.2) is 0 Å². The number of anilines is 2. The van der Waals surface area contributed by atoms with Gasteiger partial charge < -0.3 is 25.0 Å². The number of para-hydroxylation sites is 1. The SMILES string of the molecule is N=C(N[C@H]1N=C(c2ccccc2)c2ccccc2NC1=O)OC(=N)c1ncc(C(F)(F)F)cc1N1CCOCC1. The lowest BCUT2D eigenvalue weighted by Gasteiger charge is -2.30. The van der Waals surface area contributed by atoms with Crippen LogP contribution in [0, 0.1) is 10.8 Å². The summed E-state index contributed by atoms with van der Waals surface area (Å²) >= 11 is 0. The number of hydrogen-bond donors (Lipinski definition) is 4. The van der Waals surface area contributed by atoms with Crippen LogP contribution in [0.1, 0.15) is 22.4 Å².